The molecule has 0 saturated carbocycles. The fourth-order valence-electron chi connectivity index (χ4n) is 1.74. The van der Waals surface area contributed by atoms with Crippen molar-refractivity contribution >= 4 is 23.2 Å². The van der Waals surface area contributed by atoms with Gasteiger partial charge >= 0.3 is 5.97 Å². The van der Waals surface area contributed by atoms with E-state index in [2.05, 4.69) is 10.3 Å². The Morgan fingerprint density at radius 1 is 1.45 bits per heavy atom. The van der Waals surface area contributed by atoms with Gasteiger partial charge in [-0.1, -0.05) is 6.92 Å². The number of aliphatic carboxylic acids is 1. The Labute approximate surface area is 134 Å². The minimum absolute atomic E-state index is 0.0976. The smallest absolute Gasteiger partial charge is 0.326 e. The third-order valence-electron chi connectivity index (χ3n) is 2.82. The summed E-state index contributed by atoms with van der Waals surface area (Å²) >= 11 is 1.51. The van der Waals surface area contributed by atoms with Crippen LogP contribution in [0.5, 0.6) is 0 Å². The van der Waals surface area contributed by atoms with Gasteiger partial charge in [0.2, 0.25) is 5.91 Å². The van der Waals surface area contributed by atoms with Gasteiger partial charge in [-0.3, -0.25) is 4.79 Å². The third-order valence-corrected chi connectivity index (χ3v) is 3.86. The molecule has 7 heteroatoms. The van der Waals surface area contributed by atoms with Gasteiger partial charge in [0.25, 0.3) is 0 Å². The molecule has 0 aromatic carbocycles. The summed E-state index contributed by atoms with van der Waals surface area (Å²) in [5, 5.41) is 14.5. The van der Waals surface area contributed by atoms with Gasteiger partial charge in [0.1, 0.15) is 6.04 Å². The molecule has 0 aliphatic rings. The number of hydrogen-bond donors (Lipinski definition) is 2. The van der Waals surface area contributed by atoms with E-state index in [4.69, 9.17) is 4.74 Å². The van der Waals surface area contributed by atoms with Crippen molar-refractivity contribution in [2.45, 2.75) is 58.6 Å². The van der Waals surface area contributed by atoms with E-state index in [0.29, 0.717) is 5.69 Å². The summed E-state index contributed by atoms with van der Waals surface area (Å²) in [6, 6.07) is -0.945. The fourth-order valence-corrected chi connectivity index (χ4v) is 2.49. The maximum atomic E-state index is 11.9. The van der Waals surface area contributed by atoms with Crippen LogP contribution in [0.3, 0.4) is 0 Å². The number of ether oxygens (including phenoxy) is 1. The second-order valence-corrected chi connectivity index (χ2v) is 6.91. The molecule has 1 aromatic rings. The lowest BCUT2D eigenvalue weighted by Crippen LogP contribution is -2.42. The number of nitrogens with zero attached hydrogens (tertiary/aromatic N) is 1. The topological polar surface area (TPSA) is 88.5 Å². The van der Waals surface area contributed by atoms with E-state index in [-0.39, 0.29) is 31.0 Å². The summed E-state index contributed by atoms with van der Waals surface area (Å²) in [6.45, 7) is 7.97. The highest BCUT2D eigenvalue weighted by molar-refractivity contribution is 7.09. The Morgan fingerprint density at radius 3 is 2.64 bits per heavy atom. The van der Waals surface area contributed by atoms with Crippen molar-refractivity contribution in [3.63, 3.8) is 0 Å². The van der Waals surface area contributed by atoms with Crippen LogP contribution in [0.2, 0.25) is 0 Å². The second kappa shape index (κ2) is 8.24. The average molecular weight is 328 g/mol. The normalized spacial score (nSPS) is 12.9. The summed E-state index contributed by atoms with van der Waals surface area (Å²) in [7, 11) is 0. The molecule has 0 spiro atoms. The number of aromatic nitrogens is 1. The van der Waals surface area contributed by atoms with Crippen LogP contribution in [-0.2, 0) is 27.2 Å². The van der Waals surface area contributed by atoms with Crippen LogP contribution in [0.15, 0.2) is 5.38 Å². The van der Waals surface area contributed by atoms with Crippen molar-refractivity contribution in [3.8, 4) is 0 Å². The minimum atomic E-state index is -1.06. The number of carboxylic acids is 1. The molecule has 22 heavy (non-hydrogen) atoms. The quantitative estimate of drug-likeness (QED) is 0.762. The molecule has 1 rings (SSSR count). The van der Waals surface area contributed by atoms with Crippen LogP contribution >= 0.6 is 11.3 Å². The van der Waals surface area contributed by atoms with Crippen molar-refractivity contribution in [3.05, 3.63) is 16.1 Å². The number of rotatable bonds is 8. The Hall–Kier alpha value is -1.47. The van der Waals surface area contributed by atoms with Gasteiger partial charge in [0, 0.05) is 18.4 Å². The Bertz CT molecular complexity index is 508. The van der Waals surface area contributed by atoms with Gasteiger partial charge in [-0.25, -0.2) is 9.78 Å². The molecule has 0 bridgehead atoms. The van der Waals surface area contributed by atoms with Crippen LogP contribution in [0.1, 0.15) is 44.8 Å². The monoisotopic (exact) mass is 328 g/mol. The van der Waals surface area contributed by atoms with Gasteiger partial charge in [-0.05, 0) is 27.2 Å². The molecule has 0 saturated heterocycles. The average Bonchev–Trinajstić information content (AvgIpc) is 2.83. The maximum absolute atomic E-state index is 11.9. The summed E-state index contributed by atoms with van der Waals surface area (Å²) in [6.07, 6.45) is 1.16. The molecule has 6 nitrogen and oxygen atoms in total. The molecule has 1 atom stereocenters. The van der Waals surface area contributed by atoms with E-state index < -0.39 is 12.0 Å². The first kappa shape index (κ1) is 18.6. The third kappa shape index (κ3) is 7.00. The highest BCUT2D eigenvalue weighted by Crippen LogP contribution is 2.11. The molecule has 1 unspecified atom stereocenters. The minimum Gasteiger partial charge on any atom is -0.480 e. The Balaban J connectivity index is 2.48. The Morgan fingerprint density at radius 2 is 2.14 bits per heavy atom. The molecule has 1 aromatic heterocycles. The molecule has 1 amide bonds. The molecule has 0 aliphatic carbocycles. The highest BCUT2D eigenvalue weighted by Gasteiger charge is 2.21. The van der Waals surface area contributed by atoms with E-state index in [9.17, 15) is 14.7 Å². The van der Waals surface area contributed by atoms with E-state index in [1.807, 2.05) is 33.1 Å². The van der Waals surface area contributed by atoms with Gasteiger partial charge < -0.3 is 15.2 Å². The molecule has 2 N–H and O–H groups in total. The lowest BCUT2D eigenvalue weighted by molar-refractivity contribution is -0.142. The maximum Gasteiger partial charge on any atom is 0.326 e. The predicted molar refractivity (Wildman–Crippen MR) is 85.1 cm³/mol. The molecular formula is C15H24N2O4S. The molecule has 0 radical (unpaired) electrons. The van der Waals surface area contributed by atoms with Crippen molar-refractivity contribution in [1.29, 1.82) is 0 Å². The van der Waals surface area contributed by atoms with Gasteiger partial charge in [-0.15, -0.1) is 11.3 Å². The molecule has 1 heterocycles. The van der Waals surface area contributed by atoms with Crippen LogP contribution in [0.25, 0.3) is 0 Å². The summed E-state index contributed by atoms with van der Waals surface area (Å²) < 4.78 is 5.50. The molecule has 0 fully saturated rings. The number of carbonyl (C=O) groups excluding carboxylic acids is 1. The zero-order chi connectivity index (χ0) is 16.8. The summed E-state index contributed by atoms with van der Waals surface area (Å²) in [5.74, 6) is -1.39. The number of aryl methyl sites for hydroxylation is 1. The zero-order valence-electron chi connectivity index (χ0n) is 13.5. The van der Waals surface area contributed by atoms with Crippen LogP contribution in [0, 0.1) is 0 Å². The number of carbonyl (C=O) groups is 2. The first-order valence-corrected chi connectivity index (χ1v) is 8.18. The first-order chi connectivity index (χ1) is 10.2. The first-order valence-electron chi connectivity index (χ1n) is 7.30. The SMILES string of the molecule is CCc1nc(CC(=O)NC(CCOC(C)(C)C)C(=O)O)cs1. The van der Waals surface area contributed by atoms with E-state index >= 15 is 0 Å². The number of hydrogen-bond acceptors (Lipinski definition) is 5. The molecule has 0 aliphatic heterocycles. The number of carboxylic acid groups (broad SMARTS) is 1. The summed E-state index contributed by atoms with van der Waals surface area (Å²) in [5.41, 5.74) is 0.346. The van der Waals surface area contributed by atoms with Crippen LogP contribution in [-0.4, -0.2) is 40.2 Å². The number of amides is 1. The largest absolute Gasteiger partial charge is 0.480 e. The molecular weight excluding hydrogens is 304 g/mol. The fraction of sp³-hybridized carbons (Fsp3) is 0.667. The number of thiazole rings is 1. The van der Waals surface area contributed by atoms with E-state index in [1.54, 1.807) is 0 Å². The standard InChI is InChI=1S/C15H24N2O4S/c1-5-13-16-10(9-22-13)8-12(18)17-11(14(19)20)6-7-21-15(2,3)4/h9,11H,5-8H2,1-4H3,(H,17,18)(H,19,20). The Kier molecular flexibility index (Phi) is 6.96. The van der Waals surface area contributed by atoms with E-state index in [0.717, 1.165) is 11.4 Å². The van der Waals surface area contributed by atoms with Gasteiger partial charge in [0.05, 0.1) is 22.7 Å². The lowest BCUT2D eigenvalue weighted by Gasteiger charge is -2.21. The highest BCUT2D eigenvalue weighted by atomic mass is 32.1. The van der Waals surface area contributed by atoms with Crippen molar-refractivity contribution in [2.24, 2.45) is 0 Å². The van der Waals surface area contributed by atoms with Crippen LogP contribution in [0.4, 0.5) is 0 Å². The van der Waals surface area contributed by atoms with Crippen molar-refractivity contribution in [2.75, 3.05) is 6.61 Å². The zero-order valence-corrected chi connectivity index (χ0v) is 14.3. The van der Waals surface area contributed by atoms with Crippen LogP contribution < -0.4 is 5.32 Å². The van der Waals surface area contributed by atoms with Gasteiger partial charge in [0.15, 0.2) is 0 Å². The number of nitrogens with one attached hydrogen (secondary N) is 1. The van der Waals surface area contributed by atoms with Gasteiger partial charge in [-0.2, -0.15) is 0 Å². The van der Waals surface area contributed by atoms with E-state index in [1.165, 1.54) is 11.3 Å². The van der Waals surface area contributed by atoms with Crippen molar-refractivity contribution in [1.82, 2.24) is 10.3 Å². The predicted octanol–water partition coefficient (Wildman–Crippen LogP) is 2.02. The second-order valence-electron chi connectivity index (χ2n) is 5.97. The molecule has 124 valence electrons. The summed E-state index contributed by atoms with van der Waals surface area (Å²) in [4.78, 5) is 27.4. The lowest BCUT2D eigenvalue weighted by atomic mass is 10.1. The van der Waals surface area contributed by atoms with Crippen molar-refractivity contribution < 1.29 is 19.4 Å².